The van der Waals surface area contributed by atoms with Crippen LogP contribution in [0, 0.1) is 0 Å². The van der Waals surface area contributed by atoms with Gasteiger partial charge in [0.15, 0.2) is 0 Å². The van der Waals surface area contributed by atoms with Crippen molar-refractivity contribution in [3.8, 4) is 0 Å². The van der Waals surface area contributed by atoms with E-state index in [1.54, 1.807) is 4.52 Å². The molecule has 17 heteroatoms. The summed E-state index contributed by atoms with van der Waals surface area (Å²) in [6.07, 6.45) is -11.2. The van der Waals surface area contributed by atoms with Gasteiger partial charge in [0.2, 0.25) is 0 Å². The van der Waals surface area contributed by atoms with Crippen LogP contribution in [-0.2, 0) is 9.05 Å². The molecule has 0 saturated heterocycles. The van der Waals surface area contributed by atoms with E-state index < -0.39 is 42.8 Å². The van der Waals surface area contributed by atoms with Crippen LogP contribution in [-0.4, -0.2) is 17.4 Å². The van der Waals surface area contributed by atoms with Crippen LogP contribution in [0.5, 0.6) is 0 Å². The first-order valence-electron chi connectivity index (χ1n) is 3.45. The van der Waals surface area contributed by atoms with E-state index in [0.29, 0.717) is 0 Å². The first kappa shape index (κ1) is 19.3. The Morgan fingerprint density at radius 2 is 1.47 bits per heavy atom. The van der Waals surface area contributed by atoms with Gasteiger partial charge in [-0.25, -0.2) is 9.05 Å². The van der Waals surface area contributed by atoms with Gasteiger partial charge in [-0.1, -0.05) is 0 Å². The van der Waals surface area contributed by atoms with Crippen molar-refractivity contribution >= 4 is 25.4 Å². The van der Waals surface area contributed by atoms with E-state index in [9.17, 15) is 43.4 Å². The molecule has 0 radical (unpaired) electrons. The summed E-state index contributed by atoms with van der Waals surface area (Å²) < 4.78 is 123. The highest BCUT2D eigenvalue weighted by atomic mass is 31.2. The predicted molar refractivity (Wildman–Crippen MR) is 45.1 cm³/mol. The van der Waals surface area contributed by atoms with Crippen LogP contribution in [0.1, 0.15) is 0 Å². The minimum Gasteiger partial charge on any atom is -0.227 e. The van der Waals surface area contributed by atoms with E-state index in [0.717, 1.165) is 0 Å². The summed E-state index contributed by atoms with van der Waals surface area (Å²) in [5.41, 5.74) is 0. The van der Waals surface area contributed by atoms with Gasteiger partial charge in [-0.3, -0.25) is 0 Å². The summed E-state index contributed by atoms with van der Waals surface area (Å²) >= 11 is 0. The van der Waals surface area contributed by atoms with E-state index in [-0.39, 0.29) is 0 Å². The number of hydrogen-bond donors (Lipinski definition) is 0. The van der Waals surface area contributed by atoms with Crippen molar-refractivity contribution in [2.45, 2.75) is 12.7 Å². The number of alkyl halides is 6. The molecule has 0 aliphatic rings. The first-order chi connectivity index (χ1) is 8.32. The molecule has 4 nitrogen and oxygen atoms in total. The Bertz CT molecular complexity index is 319. The molecule has 0 aliphatic heterocycles. The van der Waals surface area contributed by atoms with Crippen LogP contribution in [0.2, 0.25) is 0 Å². The topological polar surface area (TPSA) is 34.1 Å². The third-order valence-electron chi connectivity index (χ3n) is 0.806. The summed E-state index contributed by atoms with van der Waals surface area (Å²) in [6, 6.07) is 0. The van der Waals surface area contributed by atoms with Crippen molar-refractivity contribution < 1.29 is 52.5 Å². The van der Waals surface area contributed by atoms with Crippen LogP contribution in [0.25, 0.3) is 0 Å². The van der Waals surface area contributed by atoms with E-state index in [1.165, 1.54) is 0 Å². The zero-order chi connectivity index (χ0) is 15.4. The normalized spacial score (nSPS) is 18.7. The monoisotopic (exact) mass is 368 g/mol. The van der Waals surface area contributed by atoms with Gasteiger partial charge in [-0.05, 0) is 0 Å². The molecule has 0 rings (SSSR count). The summed E-state index contributed by atoms with van der Waals surface area (Å²) in [6.45, 7) is 0. The second kappa shape index (κ2) is 7.33. The second-order valence-electron chi connectivity index (χ2n) is 2.15. The fraction of sp³-hybridized carbons (Fsp3) is 1.00. The molecule has 0 aromatic rings. The molecule has 0 amide bonds. The second-order valence-corrected chi connectivity index (χ2v) is 5.79. The highest BCUT2D eigenvalue weighted by Gasteiger charge is 2.42. The quantitative estimate of drug-likeness (QED) is 0.348. The first-order valence-corrected chi connectivity index (χ1v) is 6.92. The van der Waals surface area contributed by atoms with Gasteiger partial charge in [0.1, 0.15) is 0 Å². The number of nitrogens with zero attached hydrogens (tertiary/aromatic N) is 2. The lowest BCUT2D eigenvalue weighted by molar-refractivity contribution is -0.276. The highest BCUT2D eigenvalue weighted by molar-refractivity contribution is 7.64. The fourth-order valence-electron chi connectivity index (χ4n) is 0.395. The van der Waals surface area contributed by atoms with Crippen LogP contribution < -0.4 is 0 Å². The van der Waals surface area contributed by atoms with Crippen molar-refractivity contribution in [3.05, 3.63) is 0 Å². The van der Waals surface area contributed by atoms with Gasteiger partial charge >= 0.3 is 29.9 Å². The smallest absolute Gasteiger partial charge is 0.227 e. The van der Waals surface area contributed by atoms with Crippen molar-refractivity contribution in [2.75, 3.05) is 0 Å². The molecule has 0 spiro atoms. The average Bonchev–Trinajstić information content (AvgIpc) is 2.10. The molecule has 0 N–H and O–H groups in total. The van der Waals surface area contributed by atoms with Gasteiger partial charge in [-0.15, -0.1) is 30.8 Å². The fourth-order valence-corrected chi connectivity index (χ4v) is 2.74. The van der Waals surface area contributed by atoms with Crippen molar-refractivity contribution in [1.29, 1.82) is 0 Å². The zero-order valence-electron chi connectivity index (χ0n) is 7.88. The Labute approximate surface area is 101 Å². The molecule has 0 aliphatic carbocycles. The Morgan fingerprint density at radius 1 is 1.00 bits per heavy atom. The molecular weight excluding hydrogens is 367 g/mol. The van der Waals surface area contributed by atoms with Crippen LogP contribution in [0.4, 0.5) is 43.4 Å². The molecule has 0 fully saturated rings. The third-order valence-corrected chi connectivity index (χ3v) is 4.25. The highest BCUT2D eigenvalue weighted by Crippen LogP contribution is 2.64. The van der Waals surface area contributed by atoms with E-state index in [2.05, 4.69) is 9.05 Å². The maximum atomic E-state index is 12.6. The summed E-state index contributed by atoms with van der Waals surface area (Å²) in [5.74, 6) is 0. The summed E-state index contributed by atoms with van der Waals surface area (Å²) in [7, 11) is -14.0. The van der Waals surface area contributed by atoms with Gasteiger partial charge in [0.05, 0.1) is 0 Å². The molecule has 0 bridgehead atoms. The Hall–Kier alpha value is 0.270. The molecule has 3 atom stereocenters. The lowest BCUT2D eigenvalue weighted by Gasteiger charge is -2.16. The van der Waals surface area contributed by atoms with E-state index in [4.69, 9.17) is 0 Å². The molecule has 19 heavy (non-hydrogen) atoms. The lowest BCUT2D eigenvalue weighted by atomic mass is 11.4. The lowest BCUT2D eigenvalue weighted by Crippen LogP contribution is -2.11. The minimum atomic E-state index is -5.66. The molecule has 0 heterocycles. The number of hydrogen-bond acceptors (Lipinski definition) is 4. The largest absolute Gasteiger partial charge is 0.528 e. The molecule has 0 aromatic carbocycles. The van der Waals surface area contributed by atoms with Crippen molar-refractivity contribution in [2.24, 2.45) is 4.52 Å². The predicted octanol–water partition coefficient (Wildman–Crippen LogP) is 5.84. The SMILES string of the molecule is FN(P(F)/N=[PH](\F)OC(F)(F)F)P(F)OC(F)(F)F. The van der Waals surface area contributed by atoms with Gasteiger partial charge in [0, 0.05) is 4.66 Å². The standard InChI is InChI=1S/C2HF10N2O2P3/c3-1(4,5)15-18(11)13-17(10)14(9)19(12)16-2(6,7)8/h18H. The Kier molecular flexibility index (Phi) is 7.43. The molecule has 3 unspecified atom stereocenters. The van der Waals surface area contributed by atoms with Crippen LogP contribution in [0.3, 0.4) is 0 Å². The van der Waals surface area contributed by atoms with Gasteiger partial charge in [-0.2, -0.15) is 17.1 Å². The number of rotatable bonds is 5. The molecule has 0 saturated carbocycles. The Morgan fingerprint density at radius 3 is 1.84 bits per heavy atom. The van der Waals surface area contributed by atoms with Crippen LogP contribution >= 0.6 is 25.4 Å². The van der Waals surface area contributed by atoms with E-state index >= 15 is 0 Å². The maximum absolute atomic E-state index is 12.6. The molecule has 116 valence electrons. The van der Waals surface area contributed by atoms with Crippen molar-refractivity contribution in [3.63, 3.8) is 0 Å². The molecular formula is C2HF10N2O2P3. The van der Waals surface area contributed by atoms with E-state index in [1.807, 2.05) is 0 Å². The summed E-state index contributed by atoms with van der Waals surface area (Å²) in [5, 5.41) is 0. The van der Waals surface area contributed by atoms with Crippen LogP contribution in [0.15, 0.2) is 4.52 Å². The zero-order valence-corrected chi connectivity index (χ0v) is 10.7. The Balaban J connectivity index is 4.56. The van der Waals surface area contributed by atoms with Crippen molar-refractivity contribution in [1.82, 2.24) is 4.66 Å². The average molecular weight is 368 g/mol. The number of halogens is 10. The summed E-state index contributed by atoms with van der Waals surface area (Å²) in [4.78, 5) is 0. The third kappa shape index (κ3) is 9.75. The maximum Gasteiger partial charge on any atom is 0.528 e. The van der Waals surface area contributed by atoms with Gasteiger partial charge < -0.3 is 0 Å². The minimum absolute atomic E-state index is 1.78. The molecule has 0 aromatic heterocycles. The van der Waals surface area contributed by atoms with Gasteiger partial charge in [0.25, 0.3) is 8.25 Å².